The number of hydrogen-bond donors (Lipinski definition) is 0. The van der Waals surface area contributed by atoms with E-state index in [0.29, 0.717) is 19.3 Å². The molecule has 178 valence electrons. The maximum Gasteiger partial charge on any atom is 0.411 e. The number of aromatic nitrogens is 3. The Morgan fingerprint density at radius 1 is 1.24 bits per heavy atom. The summed E-state index contributed by atoms with van der Waals surface area (Å²) in [5.41, 5.74) is -0.901. The minimum absolute atomic E-state index is 0.113. The highest BCUT2D eigenvalue weighted by Crippen LogP contribution is 2.39. The predicted octanol–water partition coefficient (Wildman–Crippen LogP) is 5.60. The van der Waals surface area contributed by atoms with Gasteiger partial charge in [0.1, 0.15) is 16.9 Å². The highest BCUT2D eigenvalue weighted by Gasteiger charge is 2.47. The summed E-state index contributed by atoms with van der Waals surface area (Å²) in [6, 6.07) is -2.00. The van der Waals surface area contributed by atoms with Gasteiger partial charge in [0.2, 0.25) is 5.28 Å². The van der Waals surface area contributed by atoms with Crippen LogP contribution in [0.25, 0.3) is 10.9 Å². The normalized spacial score (nSPS) is 23.0. The van der Waals surface area contributed by atoms with Gasteiger partial charge in [0.25, 0.3) is 6.08 Å². The first-order valence-electron chi connectivity index (χ1n) is 10.4. The van der Waals surface area contributed by atoms with E-state index in [1.807, 2.05) is 0 Å². The summed E-state index contributed by atoms with van der Waals surface area (Å²) < 4.78 is 47.2. The van der Waals surface area contributed by atoms with Crippen molar-refractivity contribution in [3.05, 3.63) is 34.6 Å². The van der Waals surface area contributed by atoms with Crippen LogP contribution in [0.5, 0.6) is 0 Å². The third kappa shape index (κ3) is 4.68. The molecule has 2 aromatic heterocycles. The lowest BCUT2D eigenvalue weighted by Crippen LogP contribution is -2.64. The average Bonchev–Trinajstić information content (AvgIpc) is 3.01. The first-order chi connectivity index (χ1) is 15.5. The molecule has 0 N–H and O–H groups in total. The molecule has 7 nitrogen and oxygen atoms in total. The lowest BCUT2D eigenvalue weighted by atomic mass is 9.98. The molecule has 5 heterocycles. The van der Waals surface area contributed by atoms with Crippen molar-refractivity contribution >= 4 is 46.0 Å². The van der Waals surface area contributed by atoms with Gasteiger partial charge in [-0.1, -0.05) is 11.6 Å². The number of piperazine rings is 1. The standard InChI is InChI=1S/C21H22Cl2F3N5O2/c1-21(2,3)33-20(32)31-10-5-4-6-12(13(31)7-14(24)25)30(9-10)18-11-8-27-17(22)15(26)16(11)28-19(23)29-18/h7-8,10,12-13H,4-6,9H2,1-3H3. The molecule has 5 rings (SSSR count). The zero-order valence-electron chi connectivity index (χ0n) is 18.2. The highest BCUT2D eigenvalue weighted by atomic mass is 35.5. The summed E-state index contributed by atoms with van der Waals surface area (Å²) in [7, 11) is 0. The third-order valence-corrected chi connectivity index (χ3v) is 6.15. The van der Waals surface area contributed by atoms with Crippen molar-refractivity contribution in [1.82, 2.24) is 19.9 Å². The maximum atomic E-state index is 14.6. The number of nitrogens with zero attached hydrogens (tertiary/aromatic N) is 5. The molecule has 0 radical (unpaired) electrons. The minimum atomic E-state index is -1.91. The Labute approximate surface area is 198 Å². The number of anilines is 1. The van der Waals surface area contributed by atoms with Crippen LogP contribution in [-0.4, -0.2) is 56.2 Å². The van der Waals surface area contributed by atoms with Crippen LogP contribution in [0.4, 0.5) is 23.8 Å². The molecule has 2 bridgehead atoms. The van der Waals surface area contributed by atoms with E-state index in [1.54, 1.807) is 25.7 Å². The van der Waals surface area contributed by atoms with Crippen LogP contribution in [0.15, 0.2) is 18.4 Å². The molecule has 0 aromatic carbocycles. The number of pyridine rings is 1. The van der Waals surface area contributed by atoms with Crippen molar-refractivity contribution in [2.24, 2.45) is 0 Å². The van der Waals surface area contributed by atoms with Crippen molar-refractivity contribution in [3.8, 4) is 0 Å². The van der Waals surface area contributed by atoms with Crippen LogP contribution < -0.4 is 4.90 Å². The monoisotopic (exact) mass is 503 g/mol. The summed E-state index contributed by atoms with van der Waals surface area (Å²) in [5, 5.41) is -0.329. The van der Waals surface area contributed by atoms with Crippen molar-refractivity contribution in [1.29, 1.82) is 0 Å². The zero-order valence-corrected chi connectivity index (χ0v) is 19.7. The van der Waals surface area contributed by atoms with Crippen molar-refractivity contribution in [3.63, 3.8) is 0 Å². The molecule has 2 aromatic rings. The van der Waals surface area contributed by atoms with Crippen molar-refractivity contribution in [2.45, 2.75) is 63.8 Å². The molecule has 0 aliphatic carbocycles. The number of carbonyl (C=O) groups excluding carboxylic acids is 1. The van der Waals surface area contributed by atoms with Gasteiger partial charge in [0.05, 0.1) is 23.5 Å². The molecule has 3 saturated heterocycles. The van der Waals surface area contributed by atoms with E-state index in [1.165, 1.54) is 11.1 Å². The van der Waals surface area contributed by atoms with E-state index >= 15 is 0 Å². The molecule has 0 saturated carbocycles. The molecule has 1 amide bonds. The van der Waals surface area contributed by atoms with E-state index in [0.717, 1.165) is 6.08 Å². The van der Waals surface area contributed by atoms with Crippen LogP contribution >= 0.6 is 23.2 Å². The van der Waals surface area contributed by atoms with Crippen LogP contribution in [0.1, 0.15) is 40.0 Å². The second kappa shape index (κ2) is 8.79. The summed E-state index contributed by atoms with van der Waals surface area (Å²) in [5.74, 6) is -0.590. The molecule has 3 unspecified atom stereocenters. The van der Waals surface area contributed by atoms with Gasteiger partial charge in [-0.25, -0.2) is 19.2 Å². The number of ether oxygens (including phenoxy) is 1. The fraction of sp³-hybridized carbons (Fsp3) is 0.524. The molecule has 12 heteroatoms. The number of rotatable bonds is 2. The van der Waals surface area contributed by atoms with Crippen LogP contribution in [0, 0.1) is 5.82 Å². The van der Waals surface area contributed by atoms with E-state index in [2.05, 4.69) is 15.0 Å². The number of halogens is 5. The Kier molecular flexibility index (Phi) is 6.34. The third-order valence-electron chi connectivity index (χ3n) is 5.72. The maximum absolute atomic E-state index is 14.6. The summed E-state index contributed by atoms with van der Waals surface area (Å²) in [4.78, 5) is 28.3. The number of hydrogen-bond acceptors (Lipinski definition) is 6. The van der Waals surface area contributed by atoms with E-state index < -0.39 is 41.7 Å². The van der Waals surface area contributed by atoms with Crippen LogP contribution in [0.2, 0.25) is 10.4 Å². The smallest absolute Gasteiger partial charge is 0.411 e. The minimum Gasteiger partial charge on any atom is -0.444 e. The first-order valence-corrected chi connectivity index (χ1v) is 11.2. The topological polar surface area (TPSA) is 71.5 Å². The molecular formula is C21H22Cl2F3N5O2. The predicted molar refractivity (Wildman–Crippen MR) is 118 cm³/mol. The molecular weight excluding hydrogens is 482 g/mol. The Morgan fingerprint density at radius 3 is 2.64 bits per heavy atom. The fourth-order valence-corrected chi connectivity index (χ4v) is 4.85. The lowest BCUT2D eigenvalue weighted by molar-refractivity contribution is 0.00350. The second-order valence-electron chi connectivity index (χ2n) is 9.08. The molecule has 3 fully saturated rings. The summed E-state index contributed by atoms with van der Waals surface area (Å²) in [6.45, 7) is 5.43. The number of amides is 1. The zero-order chi connectivity index (χ0) is 24.1. The van der Waals surface area contributed by atoms with Gasteiger partial charge in [-0.05, 0) is 51.6 Å². The second-order valence-corrected chi connectivity index (χ2v) is 9.78. The van der Waals surface area contributed by atoms with Gasteiger partial charge in [0, 0.05) is 18.8 Å². The van der Waals surface area contributed by atoms with Crippen LogP contribution in [0.3, 0.4) is 0 Å². The molecule has 0 spiro atoms. The molecule has 3 atom stereocenters. The SMILES string of the molecule is CC(C)(C)OC(=O)N1C2CCCC(C1C=C(F)F)N(c1nc(Cl)nc3c(F)c(Cl)ncc13)C2. The Balaban J connectivity index is 1.83. The van der Waals surface area contributed by atoms with Crippen molar-refractivity contribution < 1.29 is 22.7 Å². The van der Waals surface area contributed by atoms with E-state index in [-0.39, 0.29) is 33.7 Å². The lowest BCUT2D eigenvalue weighted by Gasteiger charge is -2.49. The van der Waals surface area contributed by atoms with Gasteiger partial charge in [0.15, 0.2) is 11.0 Å². The Morgan fingerprint density at radius 2 is 1.97 bits per heavy atom. The van der Waals surface area contributed by atoms with Gasteiger partial charge in [-0.2, -0.15) is 13.8 Å². The molecule has 3 aliphatic heterocycles. The molecule has 33 heavy (non-hydrogen) atoms. The highest BCUT2D eigenvalue weighted by molar-refractivity contribution is 6.30. The van der Waals surface area contributed by atoms with Crippen LogP contribution in [-0.2, 0) is 4.74 Å². The Bertz CT molecular complexity index is 1120. The fourth-order valence-electron chi connectivity index (χ4n) is 4.54. The summed E-state index contributed by atoms with van der Waals surface area (Å²) >= 11 is 11.9. The van der Waals surface area contributed by atoms with Gasteiger partial charge in [-0.3, -0.25) is 4.90 Å². The quantitative estimate of drug-likeness (QED) is 0.392. The molecule has 3 aliphatic rings. The van der Waals surface area contributed by atoms with Gasteiger partial charge < -0.3 is 9.64 Å². The average molecular weight is 504 g/mol. The van der Waals surface area contributed by atoms with Crippen molar-refractivity contribution in [2.75, 3.05) is 11.4 Å². The largest absolute Gasteiger partial charge is 0.444 e. The number of fused-ring (bicyclic) bond motifs is 5. The van der Waals surface area contributed by atoms with E-state index in [4.69, 9.17) is 27.9 Å². The van der Waals surface area contributed by atoms with E-state index in [9.17, 15) is 18.0 Å². The van der Waals surface area contributed by atoms with Gasteiger partial charge in [-0.15, -0.1) is 0 Å². The number of carbonyl (C=O) groups is 1. The van der Waals surface area contributed by atoms with Gasteiger partial charge >= 0.3 is 6.09 Å². The first kappa shape index (κ1) is 23.8. The summed E-state index contributed by atoms with van der Waals surface area (Å²) in [6.07, 6.45) is 1.30. The Hall–Kier alpha value is -2.33.